The molecule has 1 aliphatic rings. The van der Waals surface area contributed by atoms with E-state index in [1.54, 1.807) is 17.9 Å². The van der Waals surface area contributed by atoms with Crippen molar-refractivity contribution in [3.05, 3.63) is 44.4 Å². The predicted molar refractivity (Wildman–Crippen MR) is 105 cm³/mol. The fourth-order valence-corrected chi connectivity index (χ4v) is 3.94. The molecule has 5 nitrogen and oxygen atoms in total. The summed E-state index contributed by atoms with van der Waals surface area (Å²) in [4.78, 5) is 19.3. The van der Waals surface area contributed by atoms with E-state index in [1.807, 2.05) is 25.7 Å². The van der Waals surface area contributed by atoms with Crippen molar-refractivity contribution < 1.29 is 4.74 Å². The van der Waals surface area contributed by atoms with Crippen LogP contribution in [0.3, 0.4) is 0 Å². The van der Waals surface area contributed by atoms with Crippen molar-refractivity contribution in [1.82, 2.24) is 9.55 Å². The van der Waals surface area contributed by atoms with Crippen molar-refractivity contribution >= 4 is 48.0 Å². The van der Waals surface area contributed by atoms with Crippen molar-refractivity contribution in [2.24, 2.45) is 0 Å². The molecule has 132 valence electrons. The standard InChI is InChI=1S/C17H20BCl2N3O2/c1-3-12(9-25-2)23-8-14(20)21-16(17(23)24)22-5-4-10-6-11(18)7-13(19)15(10)22/h6-8,12H,3-5,9,18H2,1-2H3/t12-/m0/s1. The summed E-state index contributed by atoms with van der Waals surface area (Å²) in [6.07, 6.45) is 3.15. The van der Waals surface area contributed by atoms with Gasteiger partial charge in [-0.15, -0.1) is 0 Å². The monoisotopic (exact) mass is 379 g/mol. The van der Waals surface area contributed by atoms with Gasteiger partial charge in [-0.25, -0.2) is 4.98 Å². The summed E-state index contributed by atoms with van der Waals surface area (Å²) < 4.78 is 6.86. The predicted octanol–water partition coefficient (Wildman–Crippen LogP) is 2.10. The number of anilines is 2. The van der Waals surface area contributed by atoms with Gasteiger partial charge in [-0.3, -0.25) is 4.79 Å². The first-order chi connectivity index (χ1) is 12.0. The molecule has 0 N–H and O–H groups in total. The molecule has 0 unspecified atom stereocenters. The summed E-state index contributed by atoms with van der Waals surface area (Å²) in [7, 11) is 3.63. The molecule has 0 saturated heterocycles. The van der Waals surface area contributed by atoms with Crippen molar-refractivity contribution in [2.45, 2.75) is 25.8 Å². The Hall–Kier alpha value is -1.50. The lowest BCUT2D eigenvalue weighted by Gasteiger charge is -2.23. The molecular weight excluding hydrogens is 360 g/mol. The van der Waals surface area contributed by atoms with Crippen LogP contribution < -0.4 is 15.9 Å². The maximum atomic E-state index is 13.1. The van der Waals surface area contributed by atoms with Crippen LogP contribution >= 0.6 is 23.2 Å². The van der Waals surface area contributed by atoms with Crippen LogP contribution in [-0.2, 0) is 11.2 Å². The molecule has 2 aromatic rings. The molecule has 0 radical (unpaired) electrons. The normalized spacial score (nSPS) is 14.6. The molecule has 3 rings (SSSR count). The van der Waals surface area contributed by atoms with Gasteiger partial charge in [-0.05, 0) is 24.5 Å². The number of hydrogen-bond donors (Lipinski definition) is 0. The number of ether oxygens (including phenoxy) is 1. The largest absolute Gasteiger partial charge is 0.383 e. The van der Waals surface area contributed by atoms with E-state index in [9.17, 15) is 4.79 Å². The minimum atomic E-state index is -0.183. The van der Waals surface area contributed by atoms with Gasteiger partial charge in [0.1, 0.15) is 13.0 Å². The van der Waals surface area contributed by atoms with Crippen molar-refractivity contribution in [2.75, 3.05) is 25.2 Å². The molecule has 0 amide bonds. The lowest BCUT2D eigenvalue weighted by molar-refractivity contribution is 0.151. The van der Waals surface area contributed by atoms with Crippen molar-refractivity contribution in [3.8, 4) is 0 Å². The average molecular weight is 380 g/mol. The van der Waals surface area contributed by atoms with Gasteiger partial charge in [0.05, 0.1) is 23.4 Å². The molecule has 2 heterocycles. The first kappa shape index (κ1) is 18.3. The highest BCUT2D eigenvalue weighted by Crippen LogP contribution is 2.37. The Morgan fingerprint density at radius 1 is 1.40 bits per heavy atom. The fraction of sp³-hybridized carbons (Fsp3) is 0.412. The van der Waals surface area contributed by atoms with Gasteiger partial charge in [0, 0.05) is 19.9 Å². The Morgan fingerprint density at radius 3 is 2.84 bits per heavy atom. The molecule has 25 heavy (non-hydrogen) atoms. The van der Waals surface area contributed by atoms with Crippen LogP contribution in [0.15, 0.2) is 23.1 Å². The molecular formula is C17H20BCl2N3O2. The molecule has 1 atom stereocenters. The summed E-state index contributed by atoms with van der Waals surface area (Å²) in [5, 5.41) is 0.907. The van der Waals surface area contributed by atoms with Crippen LogP contribution in [0, 0.1) is 0 Å². The first-order valence-electron chi connectivity index (χ1n) is 8.30. The van der Waals surface area contributed by atoms with E-state index >= 15 is 0 Å². The molecule has 0 saturated carbocycles. The summed E-state index contributed by atoms with van der Waals surface area (Å²) in [5.74, 6) is 0.312. The highest BCUT2D eigenvalue weighted by atomic mass is 35.5. The maximum Gasteiger partial charge on any atom is 0.294 e. The number of halogens is 2. The molecule has 0 bridgehead atoms. The van der Waals surface area contributed by atoms with Crippen molar-refractivity contribution in [3.63, 3.8) is 0 Å². The Balaban J connectivity index is 2.12. The fourth-order valence-electron chi connectivity index (χ4n) is 3.36. The maximum absolute atomic E-state index is 13.1. The Morgan fingerprint density at radius 2 is 2.16 bits per heavy atom. The van der Waals surface area contributed by atoms with Gasteiger partial charge in [-0.1, -0.05) is 41.7 Å². The van der Waals surface area contributed by atoms with E-state index in [-0.39, 0.29) is 16.8 Å². The van der Waals surface area contributed by atoms with Gasteiger partial charge < -0.3 is 14.2 Å². The van der Waals surface area contributed by atoms with E-state index in [1.165, 1.54) is 0 Å². The minimum Gasteiger partial charge on any atom is -0.383 e. The Labute approximate surface area is 157 Å². The Bertz CT molecular complexity index is 857. The van der Waals surface area contributed by atoms with Gasteiger partial charge in [0.25, 0.3) is 5.56 Å². The van der Waals surface area contributed by atoms with Gasteiger partial charge in [0.2, 0.25) is 5.82 Å². The number of aromatic nitrogens is 2. The third-order valence-corrected chi connectivity index (χ3v) is 5.00. The zero-order valence-corrected chi connectivity index (χ0v) is 16.1. The SMILES string of the molecule is Bc1cc(Cl)c2c(c1)CCN2c1nc(Cl)cn([C@@H](CC)COC)c1=O. The van der Waals surface area contributed by atoms with E-state index in [0.29, 0.717) is 24.0 Å². The van der Waals surface area contributed by atoms with E-state index < -0.39 is 0 Å². The minimum absolute atomic E-state index is 0.0905. The van der Waals surface area contributed by atoms with E-state index in [0.717, 1.165) is 29.6 Å². The van der Waals surface area contributed by atoms with Gasteiger partial charge >= 0.3 is 0 Å². The summed E-state index contributed by atoms with van der Waals surface area (Å²) >= 11 is 12.7. The highest BCUT2D eigenvalue weighted by molar-refractivity contribution is 6.38. The number of rotatable bonds is 5. The first-order valence-corrected chi connectivity index (χ1v) is 9.06. The molecule has 1 aromatic carbocycles. The van der Waals surface area contributed by atoms with Crippen LogP contribution in [0.4, 0.5) is 11.5 Å². The number of hydrogen-bond acceptors (Lipinski definition) is 4. The lowest BCUT2D eigenvalue weighted by atomic mass is 9.93. The summed E-state index contributed by atoms with van der Waals surface area (Å²) in [6.45, 7) is 3.10. The zero-order valence-electron chi connectivity index (χ0n) is 14.6. The van der Waals surface area contributed by atoms with Crippen LogP contribution in [0.25, 0.3) is 0 Å². The van der Waals surface area contributed by atoms with Gasteiger partial charge in [0.15, 0.2) is 0 Å². The molecule has 0 spiro atoms. The number of methoxy groups -OCH3 is 1. The topological polar surface area (TPSA) is 47.4 Å². The molecule has 8 heteroatoms. The summed E-state index contributed by atoms with van der Waals surface area (Å²) in [5.41, 5.74) is 2.90. The zero-order chi connectivity index (χ0) is 18.1. The second kappa shape index (κ2) is 7.40. The second-order valence-electron chi connectivity index (χ2n) is 6.27. The summed E-state index contributed by atoms with van der Waals surface area (Å²) in [6, 6.07) is 3.92. The third kappa shape index (κ3) is 3.43. The van der Waals surface area contributed by atoms with Crippen LogP contribution in [0.2, 0.25) is 10.2 Å². The second-order valence-corrected chi connectivity index (χ2v) is 7.07. The van der Waals surface area contributed by atoms with Crippen LogP contribution in [-0.4, -0.2) is 37.7 Å². The van der Waals surface area contributed by atoms with Gasteiger partial charge in [-0.2, -0.15) is 0 Å². The molecule has 0 fully saturated rings. The third-order valence-electron chi connectivity index (χ3n) is 4.52. The van der Waals surface area contributed by atoms with Crippen molar-refractivity contribution in [1.29, 1.82) is 0 Å². The molecule has 0 aliphatic carbocycles. The highest BCUT2D eigenvalue weighted by Gasteiger charge is 2.28. The van der Waals surface area contributed by atoms with Crippen LogP contribution in [0.1, 0.15) is 24.9 Å². The molecule has 1 aliphatic heterocycles. The Kier molecular flexibility index (Phi) is 5.42. The lowest BCUT2D eigenvalue weighted by Crippen LogP contribution is -2.33. The van der Waals surface area contributed by atoms with E-state index in [4.69, 9.17) is 27.9 Å². The van der Waals surface area contributed by atoms with E-state index in [2.05, 4.69) is 11.1 Å². The average Bonchev–Trinajstić information content (AvgIpc) is 2.98. The number of fused-ring (bicyclic) bond motifs is 1. The number of benzene rings is 1. The van der Waals surface area contributed by atoms with Crippen LogP contribution in [0.5, 0.6) is 0 Å². The smallest absolute Gasteiger partial charge is 0.294 e. The quantitative estimate of drug-likeness (QED) is 0.746. The molecule has 1 aromatic heterocycles. The number of nitrogens with zero attached hydrogens (tertiary/aromatic N) is 3.